The van der Waals surface area contributed by atoms with Crippen molar-refractivity contribution in [2.45, 2.75) is 50.6 Å². The number of para-hydroxylation sites is 1. The number of hydrogen-bond donors (Lipinski definition) is 1. The minimum Gasteiger partial charge on any atom is -0.481 e. The van der Waals surface area contributed by atoms with Crippen molar-refractivity contribution in [1.82, 2.24) is 0 Å². The van der Waals surface area contributed by atoms with Crippen LogP contribution in [0.4, 0.5) is 5.69 Å². The smallest absolute Gasteiger partial charge is 0.303 e. The van der Waals surface area contributed by atoms with E-state index in [2.05, 4.69) is 16.1 Å². The van der Waals surface area contributed by atoms with Crippen molar-refractivity contribution >= 4 is 17.6 Å². The van der Waals surface area contributed by atoms with Crippen LogP contribution in [-0.4, -0.2) is 29.2 Å². The molecule has 1 unspecified atom stereocenters. The molecule has 0 aliphatic carbocycles. The zero-order valence-electron chi connectivity index (χ0n) is 14.7. The van der Waals surface area contributed by atoms with Gasteiger partial charge in [-0.15, -0.1) is 12.3 Å². The normalized spacial score (nSPS) is 19.5. The van der Waals surface area contributed by atoms with Crippen LogP contribution >= 0.6 is 0 Å². The molecule has 0 saturated heterocycles. The van der Waals surface area contributed by atoms with E-state index in [-0.39, 0.29) is 18.2 Å². The molecular formula is C20H23N3O3. The largest absolute Gasteiger partial charge is 0.481 e. The third-order valence-electron chi connectivity index (χ3n) is 5.09. The van der Waals surface area contributed by atoms with Crippen molar-refractivity contribution in [3.05, 3.63) is 29.8 Å². The molecule has 1 aromatic carbocycles. The van der Waals surface area contributed by atoms with E-state index in [9.17, 15) is 9.59 Å². The number of benzene rings is 1. The van der Waals surface area contributed by atoms with Crippen LogP contribution in [-0.2, 0) is 16.0 Å². The Bertz CT molecular complexity index is 760. The molecule has 3 rings (SSSR count). The van der Waals surface area contributed by atoms with Gasteiger partial charge in [0, 0.05) is 44.3 Å². The number of carbonyl (C=O) groups excluding carboxylic acids is 1. The Balaban J connectivity index is 1.65. The molecule has 26 heavy (non-hydrogen) atoms. The molecule has 0 saturated carbocycles. The van der Waals surface area contributed by atoms with Crippen molar-refractivity contribution in [3.8, 4) is 12.3 Å². The molecule has 2 heterocycles. The van der Waals surface area contributed by atoms with Crippen LogP contribution in [0.1, 0.15) is 44.1 Å². The summed E-state index contributed by atoms with van der Waals surface area (Å²) in [5, 5.41) is 17.1. The quantitative estimate of drug-likeness (QED) is 0.727. The van der Waals surface area contributed by atoms with Crippen LogP contribution in [0.25, 0.3) is 0 Å². The van der Waals surface area contributed by atoms with Gasteiger partial charge in [-0.1, -0.05) is 18.2 Å². The van der Waals surface area contributed by atoms with Gasteiger partial charge in [-0.2, -0.15) is 10.2 Å². The first kappa shape index (κ1) is 18.1. The minimum atomic E-state index is -0.797. The molecule has 1 aromatic rings. The van der Waals surface area contributed by atoms with Crippen LogP contribution < -0.4 is 4.90 Å². The summed E-state index contributed by atoms with van der Waals surface area (Å²) in [6, 6.07) is 7.86. The summed E-state index contributed by atoms with van der Waals surface area (Å²) >= 11 is 0. The molecule has 6 nitrogen and oxygen atoms in total. The van der Waals surface area contributed by atoms with Crippen molar-refractivity contribution in [3.63, 3.8) is 0 Å². The molecule has 6 heteroatoms. The van der Waals surface area contributed by atoms with E-state index in [1.54, 1.807) is 0 Å². The van der Waals surface area contributed by atoms with E-state index in [0.29, 0.717) is 38.6 Å². The number of terminal acetylenes is 1. The van der Waals surface area contributed by atoms with Gasteiger partial charge in [0.1, 0.15) is 0 Å². The molecule has 1 atom stereocenters. The molecule has 0 aromatic heterocycles. The van der Waals surface area contributed by atoms with Gasteiger partial charge < -0.3 is 10.0 Å². The van der Waals surface area contributed by atoms with Gasteiger partial charge in [-0.05, 0) is 30.4 Å². The number of fused-ring (bicyclic) bond motifs is 1. The van der Waals surface area contributed by atoms with Gasteiger partial charge in [0.05, 0.1) is 0 Å². The number of hydrogen-bond acceptors (Lipinski definition) is 4. The third-order valence-corrected chi connectivity index (χ3v) is 5.09. The first-order valence-electron chi connectivity index (χ1n) is 9.00. The molecule has 0 spiro atoms. The predicted octanol–water partition coefficient (Wildman–Crippen LogP) is 3.41. The number of carboxylic acid groups (broad SMARTS) is 1. The monoisotopic (exact) mass is 353 g/mol. The zero-order valence-corrected chi connectivity index (χ0v) is 14.7. The average Bonchev–Trinajstić information content (AvgIpc) is 3.42. The maximum Gasteiger partial charge on any atom is 0.303 e. The predicted molar refractivity (Wildman–Crippen MR) is 97.7 cm³/mol. The number of amides is 1. The lowest BCUT2D eigenvalue weighted by Gasteiger charge is -2.35. The topological polar surface area (TPSA) is 82.3 Å². The fraction of sp³-hybridized carbons (Fsp3) is 0.500. The van der Waals surface area contributed by atoms with Crippen molar-refractivity contribution in [2.24, 2.45) is 16.1 Å². The first-order chi connectivity index (χ1) is 12.5. The lowest BCUT2D eigenvalue weighted by atomic mass is 9.88. The van der Waals surface area contributed by atoms with Gasteiger partial charge in [-0.25, -0.2) is 0 Å². The van der Waals surface area contributed by atoms with Crippen molar-refractivity contribution in [1.29, 1.82) is 0 Å². The zero-order chi connectivity index (χ0) is 18.6. The summed E-state index contributed by atoms with van der Waals surface area (Å²) in [5.74, 6) is 2.00. The fourth-order valence-corrected chi connectivity index (χ4v) is 3.55. The van der Waals surface area contributed by atoms with Gasteiger partial charge in [0.15, 0.2) is 5.66 Å². The Morgan fingerprint density at radius 2 is 2.04 bits per heavy atom. The summed E-state index contributed by atoms with van der Waals surface area (Å²) in [6.45, 7) is 0.564. The van der Waals surface area contributed by atoms with Gasteiger partial charge in [0.25, 0.3) is 0 Å². The Morgan fingerprint density at radius 1 is 1.27 bits per heavy atom. The molecule has 0 bridgehead atoms. The Morgan fingerprint density at radius 3 is 2.73 bits per heavy atom. The number of aliphatic carboxylic acids is 1. The minimum absolute atomic E-state index is 0.0369. The molecule has 1 N–H and O–H groups in total. The molecule has 136 valence electrons. The second-order valence-corrected chi connectivity index (χ2v) is 7.02. The summed E-state index contributed by atoms with van der Waals surface area (Å²) in [6.07, 6.45) is 9.04. The second kappa shape index (κ2) is 7.69. The van der Waals surface area contributed by atoms with Gasteiger partial charge in [-0.3, -0.25) is 9.59 Å². The van der Waals surface area contributed by atoms with E-state index in [1.165, 1.54) is 0 Å². The number of carboxylic acids is 1. The molecule has 0 fully saturated rings. The lowest BCUT2D eigenvalue weighted by Crippen LogP contribution is -2.40. The van der Waals surface area contributed by atoms with Crippen LogP contribution in [0, 0.1) is 18.3 Å². The Kier molecular flexibility index (Phi) is 5.36. The number of nitrogens with zero attached hydrogens (tertiary/aromatic N) is 3. The fourth-order valence-electron chi connectivity index (χ4n) is 3.55. The number of carbonyl (C=O) groups is 2. The highest BCUT2D eigenvalue weighted by Gasteiger charge is 2.40. The maximum atomic E-state index is 12.9. The summed E-state index contributed by atoms with van der Waals surface area (Å²) in [4.78, 5) is 25.6. The highest BCUT2D eigenvalue weighted by Crippen LogP contribution is 2.38. The van der Waals surface area contributed by atoms with E-state index in [1.807, 2.05) is 29.2 Å². The summed E-state index contributed by atoms with van der Waals surface area (Å²) in [5.41, 5.74) is 1.58. The third kappa shape index (κ3) is 4.29. The number of rotatable bonds is 8. The van der Waals surface area contributed by atoms with E-state index in [4.69, 9.17) is 11.5 Å². The van der Waals surface area contributed by atoms with Gasteiger partial charge >= 0.3 is 5.97 Å². The second-order valence-electron chi connectivity index (χ2n) is 7.02. The molecular weight excluding hydrogens is 330 g/mol. The molecule has 2 aliphatic heterocycles. The van der Waals surface area contributed by atoms with E-state index < -0.39 is 11.6 Å². The highest BCUT2D eigenvalue weighted by atomic mass is 16.4. The summed E-state index contributed by atoms with van der Waals surface area (Å²) < 4.78 is 0. The van der Waals surface area contributed by atoms with Crippen LogP contribution in [0.15, 0.2) is 34.5 Å². The Labute approximate surface area is 153 Å². The summed E-state index contributed by atoms with van der Waals surface area (Å²) in [7, 11) is 0. The molecule has 1 amide bonds. The average molecular weight is 353 g/mol. The molecule has 2 aliphatic rings. The van der Waals surface area contributed by atoms with Crippen molar-refractivity contribution in [2.75, 3.05) is 11.4 Å². The number of anilines is 1. The van der Waals surface area contributed by atoms with Crippen LogP contribution in [0.5, 0.6) is 0 Å². The Hall–Kier alpha value is -2.68. The van der Waals surface area contributed by atoms with E-state index >= 15 is 0 Å². The van der Waals surface area contributed by atoms with Crippen LogP contribution in [0.3, 0.4) is 0 Å². The first-order valence-corrected chi connectivity index (χ1v) is 9.00. The molecule has 0 radical (unpaired) electrons. The highest BCUT2D eigenvalue weighted by molar-refractivity contribution is 5.94. The van der Waals surface area contributed by atoms with E-state index in [0.717, 1.165) is 17.7 Å². The van der Waals surface area contributed by atoms with Crippen LogP contribution in [0.2, 0.25) is 0 Å². The SMILES string of the molecule is C#CCCC1(CCC(=O)N2CC(CCC(=O)O)Cc3ccccc32)N=N1. The van der Waals surface area contributed by atoms with Gasteiger partial charge in [0.2, 0.25) is 5.91 Å². The van der Waals surface area contributed by atoms with Crippen molar-refractivity contribution < 1.29 is 14.7 Å². The maximum absolute atomic E-state index is 12.9. The standard InChI is InChI=1S/C20H23N3O3/c1-2-3-11-20(21-22-20)12-10-18(24)23-14-15(8-9-19(25)26)13-16-6-4-5-7-17(16)23/h1,4-7,15H,3,8-14H2,(H,25,26). The lowest BCUT2D eigenvalue weighted by molar-refractivity contribution is -0.137.